The molecule has 0 bridgehead atoms. The normalized spacial score (nSPS) is 21.3. The zero-order chi connectivity index (χ0) is 14.7. The van der Waals surface area contributed by atoms with E-state index < -0.39 is 6.04 Å². The standard InChI is InChI=1S/C17H25N3O/c18-16(12-14-4-2-1-3-5-14)17(21)20-10-8-19(9-11-20)13-15-6-7-15/h1-5,15-16H,6-13,18H2. The number of rotatable bonds is 5. The van der Waals surface area contributed by atoms with Gasteiger partial charge in [0, 0.05) is 32.7 Å². The number of carbonyl (C=O) groups is 1. The van der Waals surface area contributed by atoms with Gasteiger partial charge in [-0.25, -0.2) is 0 Å². The van der Waals surface area contributed by atoms with Crippen LogP contribution in [0.2, 0.25) is 0 Å². The molecule has 1 aromatic rings. The first-order valence-electron chi connectivity index (χ1n) is 8.03. The summed E-state index contributed by atoms with van der Waals surface area (Å²) >= 11 is 0. The van der Waals surface area contributed by atoms with E-state index in [0.717, 1.165) is 37.7 Å². The molecule has 0 spiro atoms. The van der Waals surface area contributed by atoms with Crippen LogP contribution in [0.4, 0.5) is 0 Å². The molecule has 0 aromatic heterocycles. The molecule has 4 nitrogen and oxygen atoms in total. The number of piperazine rings is 1. The van der Waals surface area contributed by atoms with Crippen molar-refractivity contribution in [1.82, 2.24) is 9.80 Å². The lowest BCUT2D eigenvalue weighted by Gasteiger charge is -2.36. The summed E-state index contributed by atoms with van der Waals surface area (Å²) < 4.78 is 0. The number of nitrogens with zero attached hydrogens (tertiary/aromatic N) is 2. The highest BCUT2D eigenvalue weighted by Crippen LogP contribution is 2.29. The molecule has 1 atom stereocenters. The molecule has 2 aliphatic rings. The van der Waals surface area contributed by atoms with Crippen molar-refractivity contribution in [2.45, 2.75) is 25.3 Å². The lowest BCUT2D eigenvalue weighted by molar-refractivity contribution is -0.134. The van der Waals surface area contributed by atoms with Crippen LogP contribution >= 0.6 is 0 Å². The van der Waals surface area contributed by atoms with Crippen molar-refractivity contribution in [3.05, 3.63) is 35.9 Å². The molecule has 1 heterocycles. The van der Waals surface area contributed by atoms with Crippen LogP contribution in [0.5, 0.6) is 0 Å². The summed E-state index contributed by atoms with van der Waals surface area (Å²) in [5, 5.41) is 0. The van der Waals surface area contributed by atoms with Crippen LogP contribution in [-0.4, -0.2) is 54.5 Å². The maximum atomic E-state index is 12.4. The van der Waals surface area contributed by atoms with E-state index in [1.54, 1.807) is 0 Å². The average Bonchev–Trinajstić information content (AvgIpc) is 3.32. The number of hydrogen-bond donors (Lipinski definition) is 1. The van der Waals surface area contributed by atoms with Crippen molar-refractivity contribution in [2.75, 3.05) is 32.7 Å². The molecule has 1 aliphatic heterocycles. The highest BCUT2D eigenvalue weighted by atomic mass is 16.2. The zero-order valence-corrected chi connectivity index (χ0v) is 12.6. The van der Waals surface area contributed by atoms with Crippen molar-refractivity contribution in [2.24, 2.45) is 11.7 Å². The molecule has 1 unspecified atom stereocenters. The van der Waals surface area contributed by atoms with Gasteiger partial charge in [-0.2, -0.15) is 0 Å². The Labute approximate surface area is 126 Å². The Kier molecular flexibility index (Phi) is 4.56. The number of hydrogen-bond acceptors (Lipinski definition) is 3. The Morgan fingerprint density at radius 1 is 1.14 bits per heavy atom. The quantitative estimate of drug-likeness (QED) is 0.882. The maximum Gasteiger partial charge on any atom is 0.239 e. The van der Waals surface area contributed by atoms with Crippen LogP contribution in [0.15, 0.2) is 30.3 Å². The number of carbonyl (C=O) groups excluding carboxylic acids is 1. The SMILES string of the molecule is NC(Cc1ccccc1)C(=O)N1CCN(CC2CC2)CC1. The fourth-order valence-corrected chi connectivity index (χ4v) is 3.01. The Balaban J connectivity index is 1.46. The van der Waals surface area contributed by atoms with Gasteiger partial charge in [0.2, 0.25) is 5.91 Å². The summed E-state index contributed by atoms with van der Waals surface area (Å²) in [5.41, 5.74) is 7.23. The van der Waals surface area contributed by atoms with Crippen LogP contribution in [0.3, 0.4) is 0 Å². The third-order valence-electron chi connectivity index (χ3n) is 4.51. The van der Waals surface area contributed by atoms with Gasteiger partial charge >= 0.3 is 0 Å². The van der Waals surface area contributed by atoms with Crippen LogP contribution < -0.4 is 5.73 Å². The summed E-state index contributed by atoms with van der Waals surface area (Å²) in [7, 11) is 0. The van der Waals surface area contributed by atoms with Crippen molar-refractivity contribution >= 4 is 5.91 Å². The summed E-state index contributed by atoms with van der Waals surface area (Å²) in [6.07, 6.45) is 3.41. The summed E-state index contributed by atoms with van der Waals surface area (Å²) in [4.78, 5) is 16.9. The van der Waals surface area contributed by atoms with Crippen LogP contribution in [0.25, 0.3) is 0 Å². The lowest BCUT2D eigenvalue weighted by Crippen LogP contribution is -2.53. The van der Waals surface area contributed by atoms with E-state index in [4.69, 9.17) is 5.73 Å². The monoisotopic (exact) mass is 287 g/mol. The third kappa shape index (κ3) is 4.05. The minimum absolute atomic E-state index is 0.102. The first kappa shape index (κ1) is 14.5. The predicted molar refractivity (Wildman–Crippen MR) is 83.9 cm³/mol. The van der Waals surface area contributed by atoms with Crippen LogP contribution in [0.1, 0.15) is 18.4 Å². The molecule has 1 saturated carbocycles. The van der Waals surface area contributed by atoms with E-state index in [1.807, 2.05) is 35.2 Å². The van der Waals surface area contributed by atoms with E-state index in [2.05, 4.69) is 4.90 Å². The number of benzene rings is 1. The molecule has 21 heavy (non-hydrogen) atoms. The van der Waals surface area contributed by atoms with Crippen molar-refractivity contribution in [1.29, 1.82) is 0 Å². The van der Waals surface area contributed by atoms with Gasteiger partial charge in [-0.15, -0.1) is 0 Å². The molecule has 114 valence electrons. The molecule has 2 fully saturated rings. The number of nitrogens with two attached hydrogens (primary N) is 1. The fourth-order valence-electron chi connectivity index (χ4n) is 3.01. The average molecular weight is 287 g/mol. The largest absolute Gasteiger partial charge is 0.339 e. The second-order valence-electron chi connectivity index (χ2n) is 6.37. The van der Waals surface area contributed by atoms with E-state index in [9.17, 15) is 4.79 Å². The lowest BCUT2D eigenvalue weighted by atomic mass is 10.1. The minimum atomic E-state index is -0.414. The Hall–Kier alpha value is -1.39. The smallest absolute Gasteiger partial charge is 0.239 e. The van der Waals surface area contributed by atoms with E-state index in [-0.39, 0.29) is 5.91 Å². The van der Waals surface area contributed by atoms with E-state index >= 15 is 0 Å². The summed E-state index contributed by atoms with van der Waals surface area (Å²) in [6, 6.07) is 9.60. The van der Waals surface area contributed by atoms with Crippen molar-refractivity contribution in [3.63, 3.8) is 0 Å². The van der Waals surface area contributed by atoms with Gasteiger partial charge < -0.3 is 10.6 Å². The molecule has 3 rings (SSSR count). The van der Waals surface area contributed by atoms with Crippen molar-refractivity contribution < 1.29 is 4.79 Å². The highest BCUT2D eigenvalue weighted by molar-refractivity contribution is 5.82. The van der Waals surface area contributed by atoms with E-state index in [0.29, 0.717) is 6.42 Å². The summed E-state index contributed by atoms with van der Waals surface area (Å²) in [5.74, 6) is 1.03. The van der Waals surface area contributed by atoms with Crippen LogP contribution in [-0.2, 0) is 11.2 Å². The Morgan fingerprint density at radius 2 is 1.81 bits per heavy atom. The molecular weight excluding hydrogens is 262 g/mol. The van der Waals surface area contributed by atoms with Gasteiger partial charge in [-0.05, 0) is 30.7 Å². The molecule has 1 aliphatic carbocycles. The Bertz CT molecular complexity index is 464. The second kappa shape index (κ2) is 6.58. The Morgan fingerprint density at radius 3 is 2.43 bits per heavy atom. The van der Waals surface area contributed by atoms with Crippen LogP contribution in [0, 0.1) is 5.92 Å². The molecule has 1 saturated heterocycles. The molecule has 2 N–H and O–H groups in total. The molecule has 1 aromatic carbocycles. The van der Waals surface area contributed by atoms with E-state index in [1.165, 1.54) is 19.4 Å². The van der Waals surface area contributed by atoms with Gasteiger partial charge in [-0.3, -0.25) is 9.69 Å². The second-order valence-corrected chi connectivity index (χ2v) is 6.37. The first-order chi connectivity index (χ1) is 10.2. The zero-order valence-electron chi connectivity index (χ0n) is 12.6. The van der Waals surface area contributed by atoms with Gasteiger partial charge in [0.15, 0.2) is 0 Å². The van der Waals surface area contributed by atoms with Gasteiger partial charge in [-0.1, -0.05) is 30.3 Å². The minimum Gasteiger partial charge on any atom is -0.339 e. The fraction of sp³-hybridized carbons (Fsp3) is 0.588. The molecular formula is C17H25N3O. The highest BCUT2D eigenvalue weighted by Gasteiger charge is 2.29. The van der Waals surface area contributed by atoms with Gasteiger partial charge in [0.05, 0.1) is 6.04 Å². The molecule has 0 radical (unpaired) electrons. The molecule has 4 heteroatoms. The first-order valence-corrected chi connectivity index (χ1v) is 8.03. The topological polar surface area (TPSA) is 49.6 Å². The predicted octanol–water partition coefficient (Wildman–Crippen LogP) is 1.11. The van der Waals surface area contributed by atoms with Crippen molar-refractivity contribution in [3.8, 4) is 0 Å². The maximum absolute atomic E-state index is 12.4. The molecule has 1 amide bonds. The number of amides is 1. The third-order valence-corrected chi connectivity index (χ3v) is 4.51. The van der Waals surface area contributed by atoms with Gasteiger partial charge in [0.1, 0.15) is 0 Å². The van der Waals surface area contributed by atoms with Gasteiger partial charge in [0.25, 0.3) is 0 Å². The summed E-state index contributed by atoms with van der Waals surface area (Å²) in [6.45, 7) is 4.88.